The van der Waals surface area contributed by atoms with E-state index in [2.05, 4.69) is 73.3 Å². The number of hydrogen-bond donors (Lipinski definition) is 0. The Morgan fingerprint density at radius 2 is 1.29 bits per heavy atom. The first-order chi connectivity index (χ1) is 15.4. The van der Waals surface area contributed by atoms with Gasteiger partial charge in [0, 0.05) is 0 Å². The van der Waals surface area contributed by atoms with Gasteiger partial charge in [-0.2, -0.15) is 0 Å². The number of hydrogen-bond acceptors (Lipinski definition) is 0. The van der Waals surface area contributed by atoms with Crippen molar-refractivity contribution in [3.8, 4) is 0 Å². The molecule has 3 aliphatic carbocycles. The van der Waals surface area contributed by atoms with Gasteiger partial charge in [0.05, 0.1) is 0 Å². The summed E-state index contributed by atoms with van der Waals surface area (Å²) in [6.45, 7) is 4.06. The van der Waals surface area contributed by atoms with Gasteiger partial charge in [-0.25, -0.2) is 0 Å². The molecular formula is C30H40Si. The third-order valence-electron chi connectivity index (χ3n) is 9.38. The first-order valence-electron chi connectivity index (χ1n) is 13.1. The fourth-order valence-electron chi connectivity index (χ4n) is 8.31. The molecule has 0 radical (unpaired) electrons. The standard InChI is InChI=1S/C30H40Si/c1-2-3-14-24-23-30(29-22-13-12-21-28(24)29)31(27-19-10-11-20-27,25-15-6-4-7-16-25)26-17-8-5-9-18-26/h2,4-9,15-18,24,27-30H,1,3,10-14,19-23H2. The van der Waals surface area contributed by atoms with Crippen LogP contribution >= 0.6 is 0 Å². The zero-order chi connectivity index (χ0) is 21.1. The molecule has 5 rings (SSSR count). The van der Waals surface area contributed by atoms with E-state index in [0.717, 1.165) is 28.8 Å². The highest BCUT2D eigenvalue weighted by Crippen LogP contribution is 2.60. The molecule has 3 fully saturated rings. The fourth-order valence-corrected chi connectivity index (χ4v) is 15.6. The summed E-state index contributed by atoms with van der Waals surface area (Å²) in [6, 6.07) is 23.9. The zero-order valence-electron chi connectivity index (χ0n) is 19.2. The fraction of sp³-hybridized carbons (Fsp3) is 0.533. The maximum absolute atomic E-state index is 4.06. The van der Waals surface area contributed by atoms with Crippen LogP contribution in [0.15, 0.2) is 73.3 Å². The molecule has 0 aromatic heterocycles. The van der Waals surface area contributed by atoms with Gasteiger partial charge in [0.25, 0.3) is 0 Å². The Labute approximate surface area is 191 Å². The third-order valence-corrected chi connectivity index (χ3v) is 15.7. The van der Waals surface area contributed by atoms with E-state index in [9.17, 15) is 0 Å². The second kappa shape index (κ2) is 9.49. The molecule has 0 spiro atoms. The SMILES string of the molecule is C=CCCC1CC([Si](c2ccccc2)(c2ccccc2)C2CCCC2)C2CCCCC12. The van der Waals surface area contributed by atoms with Crippen LogP contribution < -0.4 is 10.4 Å². The summed E-state index contributed by atoms with van der Waals surface area (Å²) in [5.74, 6) is 2.85. The molecule has 1 heteroatoms. The molecule has 0 bridgehead atoms. The van der Waals surface area contributed by atoms with Crippen molar-refractivity contribution in [2.75, 3.05) is 0 Å². The monoisotopic (exact) mass is 428 g/mol. The van der Waals surface area contributed by atoms with Crippen molar-refractivity contribution >= 4 is 18.4 Å². The third kappa shape index (κ3) is 3.78. The van der Waals surface area contributed by atoms with Crippen LogP contribution in [0.4, 0.5) is 0 Å². The lowest BCUT2D eigenvalue weighted by Gasteiger charge is -2.47. The minimum absolute atomic E-state index is 0.917. The van der Waals surface area contributed by atoms with Crippen molar-refractivity contribution < 1.29 is 0 Å². The van der Waals surface area contributed by atoms with E-state index in [-0.39, 0.29) is 0 Å². The number of rotatable bonds is 7. The van der Waals surface area contributed by atoms with Crippen molar-refractivity contribution in [2.45, 2.75) is 81.7 Å². The molecule has 0 amide bonds. The molecule has 4 unspecified atom stereocenters. The first-order valence-corrected chi connectivity index (χ1v) is 15.2. The highest BCUT2D eigenvalue weighted by atomic mass is 28.3. The summed E-state index contributed by atoms with van der Waals surface area (Å²) < 4.78 is 0. The molecule has 0 N–H and O–H groups in total. The van der Waals surface area contributed by atoms with Crippen LogP contribution in [0.1, 0.15) is 70.6 Å². The summed E-state index contributed by atoms with van der Waals surface area (Å²) in [6.07, 6.45) is 17.9. The van der Waals surface area contributed by atoms with Gasteiger partial charge in [-0.1, -0.05) is 122 Å². The average molecular weight is 429 g/mol. The number of fused-ring (bicyclic) bond motifs is 1. The lowest BCUT2D eigenvalue weighted by molar-refractivity contribution is 0.221. The smallest absolute Gasteiger partial charge is 0.103 e. The van der Waals surface area contributed by atoms with Crippen LogP contribution in [-0.4, -0.2) is 8.07 Å². The quantitative estimate of drug-likeness (QED) is 0.319. The first kappa shape index (κ1) is 21.3. The largest absolute Gasteiger partial charge is 0.124 e. The molecule has 0 heterocycles. The molecule has 2 aromatic rings. The Balaban J connectivity index is 1.67. The Bertz CT molecular complexity index is 796. The average Bonchev–Trinajstić information content (AvgIpc) is 3.50. The van der Waals surface area contributed by atoms with Gasteiger partial charge >= 0.3 is 0 Å². The summed E-state index contributed by atoms with van der Waals surface area (Å²) in [5.41, 5.74) is 1.84. The van der Waals surface area contributed by atoms with Gasteiger partial charge in [-0.3, -0.25) is 0 Å². The minimum Gasteiger partial charge on any atom is -0.103 e. The second-order valence-electron chi connectivity index (χ2n) is 10.7. The van der Waals surface area contributed by atoms with Gasteiger partial charge in [0.2, 0.25) is 0 Å². The maximum atomic E-state index is 4.06. The van der Waals surface area contributed by atoms with E-state index < -0.39 is 8.07 Å². The Morgan fingerprint density at radius 1 is 0.742 bits per heavy atom. The summed E-state index contributed by atoms with van der Waals surface area (Å²) in [5, 5.41) is 3.48. The Hall–Kier alpha value is -1.60. The molecular weight excluding hydrogens is 388 g/mol. The normalized spacial score (nSPS) is 29.0. The van der Waals surface area contributed by atoms with Crippen LogP contribution in [0.2, 0.25) is 11.1 Å². The van der Waals surface area contributed by atoms with Gasteiger partial charge < -0.3 is 0 Å². The van der Waals surface area contributed by atoms with Gasteiger partial charge in [0.15, 0.2) is 0 Å². The van der Waals surface area contributed by atoms with Crippen molar-refractivity contribution in [1.29, 1.82) is 0 Å². The molecule has 0 saturated heterocycles. The highest BCUT2D eigenvalue weighted by Gasteiger charge is 2.58. The maximum Gasteiger partial charge on any atom is 0.124 e. The Kier molecular flexibility index (Phi) is 6.50. The van der Waals surface area contributed by atoms with Crippen LogP contribution in [0, 0.1) is 17.8 Å². The predicted molar refractivity (Wildman–Crippen MR) is 137 cm³/mol. The van der Waals surface area contributed by atoms with Crippen LogP contribution in [0.25, 0.3) is 0 Å². The Morgan fingerprint density at radius 3 is 1.87 bits per heavy atom. The highest BCUT2D eigenvalue weighted by molar-refractivity contribution is 7.04. The molecule has 0 nitrogen and oxygen atoms in total. The molecule has 4 atom stereocenters. The van der Waals surface area contributed by atoms with Crippen molar-refractivity contribution in [2.24, 2.45) is 17.8 Å². The van der Waals surface area contributed by atoms with E-state index in [1.165, 1.54) is 70.6 Å². The number of benzene rings is 2. The van der Waals surface area contributed by atoms with Crippen LogP contribution in [0.5, 0.6) is 0 Å². The predicted octanol–water partition coefficient (Wildman–Crippen LogP) is 7.36. The molecule has 2 aromatic carbocycles. The molecule has 31 heavy (non-hydrogen) atoms. The van der Waals surface area contributed by atoms with Crippen LogP contribution in [0.3, 0.4) is 0 Å². The second-order valence-corrected chi connectivity index (χ2v) is 15.1. The van der Waals surface area contributed by atoms with Gasteiger partial charge in [-0.05, 0) is 54.5 Å². The summed E-state index contributed by atoms with van der Waals surface area (Å²) in [4.78, 5) is 0. The summed E-state index contributed by atoms with van der Waals surface area (Å²) in [7, 11) is -1.90. The molecule has 0 aliphatic heterocycles. The molecule has 3 saturated carbocycles. The van der Waals surface area contributed by atoms with E-state index in [1.54, 1.807) is 10.4 Å². The van der Waals surface area contributed by atoms with E-state index in [1.807, 2.05) is 0 Å². The van der Waals surface area contributed by atoms with Gasteiger partial charge in [-0.15, -0.1) is 6.58 Å². The van der Waals surface area contributed by atoms with E-state index in [0.29, 0.717) is 0 Å². The lowest BCUT2D eigenvalue weighted by atomic mass is 9.77. The molecule has 3 aliphatic rings. The van der Waals surface area contributed by atoms with Crippen molar-refractivity contribution in [3.05, 3.63) is 73.3 Å². The lowest BCUT2D eigenvalue weighted by Crippen LogP contribution is -2.65. The van der Waals surface area contributed by atoms with Crippen LogP contribution in [-0.2, 0) is 0 Å². The molecule has 164 valence electrons. The summed E-state index contributed by atoms with van der Waals surface area (Å²) >= 11 is 0. The van der Waals surface area contributed by atoms with Crippen molar-refractivity contribution in [3.63, 3.8) is 0 Å². The van der Waals surface area contributed by atoms with E-state index in [4.69, 9.17) is 0 Å². The topological polar surface area (TPSA) is 0 Å². The zero-order valence-corrected chi connectivity index (χ0v) is 20.2. The minimum atomic E-state index is -1.90. The van der Waals surface area contributed by atoms with E-state index >= 15 is 0 Å². The van der Waals surface area contributed by atoms with Crippen molar-refractivity contribution in [1.82, 2.24) is 0 Å². The van der Waals surface area contributed by atoms with Gasteiger partial charge in [0.1, 0.15) is 8.07 Å². The number of allylic oxidation sites excluding steroid dienone is 1.